The molecule has 0 aromatic rings. The second kappa shape index (κ2) is 10.4. The van der Waals surface area contributed by atoms with Crippen LogP contribution in [0.5, 0.6) is 0 Å². The van der Waals surface area contributed by atoms with Gasteiger partial charge in [0.1, 0.15) is 7.28 Å². The van der Waals surface area contributed by atoms with Gasteiger partial charge >= 0.3 is 0 Å². The zero-order valence-electron chi connectivity index (χ0n) is 5.81. The molecule has 0 unspecified atom stereocenters. The van der Waals surface area contributed by atoms with Gasteiger partial charge in [-0.2, -0.15) is 0 Å². The predicted molar refractivity (Wildman–Crippen MR) is 43.2 cm³/mol. The maximum absolute atomic E-state index is 2.36. The van der Waals surface area contributed by atoms with Crippen LogP contribution in [0.2, 0.25) is 12.6 Å². The lowest BCUT2D eigenvalue weighted by Gasteiger charge is -1.88. The SMILES string of the molecule is CCC[B]CCC.Cl. The van der Waals surface area contributed by atoms with E-state index in [9.17, 15) is 0 Å². The molecule has 49 valence electrons. The molecule has 0 aromatic carbocycles. The second-order valence-corrected chi connectivity index (χ2v) is 1.87. The number of halogens is 1. The molecule has 0 aliphatic heterocycles. The van der Waals surface area contributed by atoms with Gasteiger partial charge < -0.3 is 0 Å². The van der Waals surface area contributed by atoms with Crippen molar-refractivity contribution in [2.24, 2.45) is 0 Å². The number of rotatable bonds is 4. The smallest absolute Gasteiger partial charge is 0.109 e. The average Bonchev–Trinajstić information content (AvgIpc) is 1.69. The molecule has 0 saturated heterocycles. The molecule has 0 rings (SSSR count). The molecule has 0 aromatic heterocycles. The lowest BCUT2D eigenvalue weighted by molar-refractivity contribution is 1.02. The molecular weight excluding hydrogens is 118 g/mol. The minimum atomic E-state index is 0. The Kier molecular flexibility index (Phi) is 14.5. The fourth-order valence-corrected chi connectivity index (χ4v) is 0.553. The Morgan fingerprint density at radius 3 is 1.62 bits per heavy atom. The third-order valence-electron chi connectivity index (χ3n) is 0.986. The summed E-state index contributed by atoms with van der Waals surface area (Å²) in [6.45, 7) is 4.43. The van der Waals surface area contributed by atoms with Gasteiger partial charge in [-0.25, -0.2) is 0 Å². The Morgan fingerprint density at radius 1 is 1.00 bits per heavy atom. The van der Waals surface area contributed by atoms with Crippen LogP contribution >= 0.6 is 12.4 Å². The Morgan fingerprint density at radius 2 is 1.38 bits per heavy atom. The average molecular weight is 133 g/mol. The topological polar surface area (TPSA) is 0 Å². The van der Waals surface area contributed by atoms with Crippen LogP contribution < -0.4 is 0 Å². The van der Waals surface area contributed by atoms with Crippen molar-refractivity contribution in [3.05, 3.63) is 0 Å². The Balaban J connectivity index is 0. The van der Waals surface area contributed by atoms with E-state index in [1.165, 1.54) is 25.5 Å². The lowest BCUT2D eigenvalue weighted by Crippen LogP contribution is -1.84. The molecule has 0 nitrogen and oxygen atoms in total. The molecule has 0 aliphatic carbocycles. The molecule has 0 fully saturated rings. The van der Waals surface area contributed by atoms with Crippen LogP contribution in [-0.4, -0.2) is 7.28 Å². The summed E-state index contributed by atoms with van der Waals surface area (Å²) in [7, 11) is 2.36. The van der Waals surface area contributed by atoms with E-state index in [2.05, 4.69) is 21.1 Å². The van der Waals surface area contributed by atoms with Gasteiger partial charge in [0.05, 0.1) is 0 Å². The second-order valence-electron chi connectivity index (χ2n) is 1.87. The van der Waals surface area contributed by atoms with Crippen molar-refractivity contribution in [3.8, 4) is 0 Å². The molecule has 0 heterocycles. The van der Waals surface area contributed by atoms with Crippen LogP contribution in [0.15, 0.2) is 0 Å². The maximum Gasteiger partial charge on any atom is 0.109 e. The van der Waals surface area contributed by atoms with Crippen molar-refractivity contribution in [2.45, 2.75) is 39.3 Å². The van der Waals surface area contributed by atoms with Gasteiger partial charge in [0.2, 0.25) is 0 Å². The largest absolute Gasteiger partial charge is 0.147 e. The normalized spacial score (nSPS) is 7.75. The van der Waals surface area contributed by atoms with Crippen molar-refractivity contribution in [3.63, 3.8) is 0 Å². The van der Waals surface area contributed by atoms with E-state index in [0.29, 0.717) is 0 Å². The molecule has 0 spiro atoms. The molecule has 1 radical (unpaired) electrons. The highest BCUT2D eigenvalue weighted by atomic mass is 35.5. The summed E-state index contributed by atoms with van der Waals surface area (Å²) in [6.07, 6.45) is 5.21. The zero-order valence-corrected chi connectivity index (χ0v) is 6.63. The highest BCUT2D eigenvalue weighted by Crippen LogP contribution is 1.92. The van der Waals surface area contributed by atoms with E-state index < -0.39 is 0 Å². The standard InChI is InChI=1S/C6H14B.ClH/c1-3-5-7-6-4-2;/h3-6H2,1-2H3;1H. The third-order valence-corrected chi connectivity index (χ3v) is 0.986. The van der Waals surface area contributed by atoms with E-state index in [4.69, 9.17) is 0 Å². The Labute approximate surface area is 59.7 Å². The van der Waals surface area contributed by atoms with E-state index >= 15 is 0 Å². The van der Waals surface area contributed by atoms with Crippen LogP contribution in [-0.2, 0) is 0 Å². The van der Waals surface area contributed by atoms with Gasteiger partial charge in [-0.1, -0.05) is 39.3 Å². The van der Waals surface area contributed by atoms with E-state index in [0.717, 1.165) is 0 Å². The quantitative estimate of drug-likeness (QED) is 0.409. The minimum absolute atomic E-state index is 0. The summed E-state index contributed by atoms with van der Waals surface area (Å²) in [6, 6.07) is 0. The monoisotopic (exact) mass is 133 g/mol. The lowest BCUT2D eigenvalue weighted by atomic mass is 9.69. The van der Waals surface area contributed by atoms with Crippen LogP contribution in [0.3, 0.4) is 0 Å². The van der Waals surface area contributed by atoms with Crippen molar-refractivity contribution < 1.29 is 0 Å². The van der Waals surface area contributed by atoms with Crippen molar-refractivity contribution in [1.82, 2.24) is 0 Å². The van der Waals surface area contributed by atoms with Crippen LogP contribution in [0.25, 0.3) is 0 Å². The summed E-state index contributed by atoms with van der Waals surface area (Å²) >= 11 is 0. The first kappa shape index (κ1) is 11.2. The summed E-state index contributed by atoms with van der Waals surface area (Å²) in [5, 5.41) is 0. The van der Waals surface area contributed by atoms with Crippen molar-refractivity contribution in [2.75, 3.05) is 0 Å². The van der Waals surface area contributed by atoms with E-state index in [1.54, 1.807) is 0 Å². The molecule has 8 heavy (non-hydrogen) atoms. The molecule has 0 bridgehead atoms. The molecule has 0 aliphatic rings. The first-order chi connectivity index (χ1) is 3.41. The summed E-state index contributed by atoms with van der Waals surface area (Å²) < 4.78 is 0. The van der Waals surface area contributed by atoms with Gasteiger partial charge in [0.25, 0.3) is 0 Å². The fourth-order valence-electron chi connectivity index (χ4n) is 0.553. The highest BCUT2D eigenvalue weighted by Gasteiger charge is 1.83. The molecule has 0 amide bonds. The number of hydrogen-bond donors (Lipinski definition) is 0. The van der Waals surface area contributed by atoms with Crippen molar-refractivity contribution in [1.29, 1.82) is 0 Å². The molecule has 2 heteroatoms. The third kappa shape index (κ3) is 9.61. The Bertz CT molecular complexity index is 27.7. The van der Waals surface area contributed by atoms with Gasteiger partial charge in [-0.3, -0.25) is 0 Å². The highest BCUT2D eigenvalue weighted by molar-refractivity contribution is 6.35. The number of hydrogen-bond acceptors (Lipinski definition) is 0. The predicted octanol–water partition coefficient (Wildman–Crippen LogP) is 2.77. The van der Waals surface area contributed by atoms with Crippen LogP contribution in [0, 0.1) is 0 Å². The maximum atomic E-state index is 2.36. The van der Waals surface area contributed by atoms with Gasteiger partial charge in [0, 0.05) is 0 Å². The van der Waals surface area contributed by atoms with Gasteiger partial charge in [-0.15, -0.1) is 12.4 Å². The molecular formula is C6H15BCl. The molecule has 0 N–H and O–H groups in total. The summed E-state index contributed by atoms with van der Waals surface area (Å²) in [5.41, 5.74) is 0. The van der Waals surface area contributed by atoms with Gasteiger partial charge in [0.15, 0.2) is 0 Å². The summed E-state index contributed by atoms with van der Waals surface area (Å²) in [5.74, 6) is 0. The van der Waals surface area contributed by atoms with Crippen LogP contribution in [0.4, 0.5) is 0 Å². The Hall–Kier alpha value is 0.355. The zero-order chi connectivity index (χ0) is 5.54. The van der Waals surface area contributed by atoms with Crippen molar-refractivity contribution >= 4 is 19.7 Å². The fraction of sp³-hybridized carbons (Fsp3) is 1.00. The molecule has 0 atom stereocenters. The van der Waals surface area contributed by atoms with E-state index in [-0.39, 0.29) is 12.4 Å². The summed E-state index contributed by atoms with van der Waals surface area (Å²) in [4.78, 5) is 0. The van der Waals surface area contributed by atoms with Crippen LogP contribution in [0.1, 0.15) is 26.7 Å². The van der Waals surface area contributed by atoms with Gasteiger partial charge in [-0.05, 0) is 0 Å². The first-order valence-electron chi connectivity index (χ1n) is 3.23. The van der Waals surface area contributed by atoms with E-state index in [1.807, 2.05) is 0 Å². The minimum Gasteiger partial charge on any atom is -0.147 e. The first-order valence-corrected chi connectivity index (χ1v) is 3.23. The molecule has 0 saturated carbocycles.